The van der Waals surface area contributed by atoms with E-state index in [-0.39, 0.29) is 17.2 Å². The molecule has 1 amide bonds. The number of aromatic nitrogens is 1. The van der Waals surface area contributed by atoms with Crippen molar-refractivity contribution in [3.05, 3.63) is 59.8 Å². The number of nitrogens with one attached hydrogen (secondary N) is 2. The number of rotatable bonds is 6. The number of fused-ring (bicyclic) bond motifs is 1. The number of carbonyl (C=O) groups excluding carboxylic acids is 2. The van der Waals surface area contributed by atoms with Crippen LogP contribution in [0.25, 0.3) is 10.9 Å². The molecule has 4 rings (SSSR count). The van der Waals surface area contributed by atoms with Crippen molar-refractivity contribution in [3.63, 3.8) is 0 Å². The van der Waals surface area contributed by atoms with Gasteiger partial charge in [0.2, 0.25) is 5.91 Å². The number of para-hydroxylation sites is 1. The van der Waals surface area contributed by atoms with Crippen molar-refractivity contribution in [3.8, 4) is 0 Å². The first-order valence-corrected chi connectivity index (χ1v) is 9.47. The molecule has 0 radical (unpaired) electrons. The lowest BCUT2D eigenvalue weighted by Crippen LogP contribution is -2.15. The number of amides is 1. The van der Waals surface area contributed by atoms with Gasteiger partial charge in [-0.2, -0.15) is 0 Å². The fourth-order valence-electron chi connectivity index (χ4n) is 3.34. The van der Waals surface area contributed by atoms with Crippen molar-refractivity contribution in [1.82, 2.24) is 4.57 Å². The third-order valence-corrected chi connectivity index (χ3v) is 5.09. The summed E-state index contributed by atoms with van der Waals surface area (Å²) in [7, 11) is 0. The normalized spacial score (nSPS) is 13.3. The molecule has 0 saturated heterocycles. The van der Waals surface area contributed by atoms with Gasteiger partial charge in [-0.3, -0.25) is 14.2 Å². The zero-order valence-corrected chi connectivity index (χ0v) is 15.9. The average molecular weight is 391 g/mol. The third-order valence-electron chi connectivity index (χ3n) is 5.09. The summed E-state index contributed by atoms with van der Waals surface area (Å²) in [4.78, 5) is 36.5. The predicted octanol–water partition coefficient (Wildman–Crippen LogP) is 4.07. The lowest BCUT2D eigenvalue weighted by atomic mass is 10.1. The summed E-state index contributed by atoms with van der Waals surface area (Å²) in [6.07, 6.45) is 3.88. The van der Waals surface area contributed by atoms with Crippen molar-refractivity contribution in [1.29, 1.82) is 0 Å². The fourth-order valence-corrected chi connectivity index (χ4v) is 3.34. The molecule has 1 fully saturated rings. The van der Waals surface area contributed by atoms with E-state index in [0.717, 1.165) is 12.2 Å². The second-order valence-corrected chi connectivity index (χ2v) is 7.29. The largest absolute Gasteiger partial charge is 0.478 e. The van der Waals surface area contributed by atoms with Crippen LogP contribution in [0.4, 0.5) is 11.4 Å². The number of carboxylic acids is 1. The van der Waals surface area contributed by atoms with Crippen LogP contribution >= 0.6 is 0 Å². The van der Waals surface area contributed by atoms with Gasteiger partial charge in [0.05, 0.1) is 22.3 Å². The summed E-state index contributed by atoms with van der Waals surface area (Å²) in [5.41, 5.74) is 1.91. The molecule has 1 aromatic heterocycles. The molecule has 1 saturated carbocycles. The van der Waals surface area contributed by atoms with Gasteiger partial charge in [0.25, 0.3) is 5.91 Å². The number of aromatic carboxylic acids is 1. The first-order valence-electron chi connectivity index (χ1n) is 9.47. The average Bonchev–Trinajstić information content (AvgIpc) is 3.44. The van der Waals surface area contributed by atoms with Crippen molar-refractivity contribution >= 4 is 40.1 Å². The van der Waals surface area contributed by atoms with Gasteiger partial charge in [-0.25, -0.2) is 4.79 Å². The number of nitrogens with zero attached hydrogens (tertiary/aromatic N) is 1. The van der Waals surface area contributed by atoms with Gasteiger partial charge in [0.1, 0.15) is 0 Å². The second kappa shape index (κ2) is 7.43. The SMILES string of the molecule is CC(=O)n1cc(C(=O)Nc2cc(NCC3CC3)ccc2C(=O)O)c2ccccc21. The topological polar surface area (TPSA) is 100 Å². The van der Waals surface area contributed by atoms with Gasteiger partial charge in [0.15, 0.2) is 0 Å². The van der Waals surface area contributed by atoms with E-state index in [2.05, 4.69) is 10.6 Å². The fraction of sp³-hybridized carbons (Fsp3) is 0.227. The molecule has 1 heterocycles. The van der Waals surface area contributed by atoms with Crippen molar-refractivity contribution < 1.29 is 19.5 Å². The van der Waals surface area contributed by atoms with E-state index < -0.39 is 11.9 Å². The van der Waals surface area contributed by atoms with Crippen LogP contribution in [-0.2, 0) is 0 Å². The van der Waals surface area contributed by atoms with E-state index in [9.17, 15) is 19.5 Å². The minimum Gasteiger partial charge on any atom is -0.478 e. The smallest absolute Gasteiger partial charge is 0.337 e. The van der Waals surface area contributed by atoms with Gasteiger partial charge >= 0.3 is 5.97 Å². The Morgan fingerprint density at radius 2 is 1.86 bits per heavy atom. The number of anilines is 2. The van der Waals surface area contributed by atoms with Gasteiger partial charge in [0, 0.05) is 30.7 Å². The van der Waals surface area contributed by atoms with E-state index in [1.54, 1.807) is 36.4 Å². The van der Waals surface area contributed by atoms with Crippen LogP contribution in [0.3, 0.4) is 0 Å². The van der Waals surface area contributed by atoms with Gasteiger partial charge in [-0.15, -0.1) is 0 Å². The van der Waals surface area contributed by atoms with Crippen LogP contribution in [0.15, 0.2) is 48.7 Å². The first-order chi connectivity index (χ1) is 13.9. The summed E-state index contributed by atoms with van der Waals surface area (Å²) in [5.74, 6) is -1.15. The Balaban J connectivity index is 1.67. The van der Waals surface area contributed by atoms with E-state index >= 15 is 0 Å². The van der Waals surface area contributed by atoms with E-state index in [1.165, 1.54) is 36.6 Å². The van der Waals surface area contributed by atoms with Crippen LogP contribution < -0.4 is 10.6 Å². The lowest BCUT2D eigenvalue weighted by molar-refractivity contribution is 0.0697. The highest BCUT2D eigenvalue weighted by Gasteiger charge is 2.22. The summed E-state index contributed by atoms with van der Waals surface area (Å²) in [5, 5.41) is 16.1. The van der Waals surface area contributed by atoms with Crippen LogP contribution in [0, 0.1) is 5.92 Å². The van der Waals surface area contributed by atoms with Crippen LogP contribution in [0.5, 0.6) is 0 Å². The Bertz CT molecular complexity index is 1130. The zero-order valence-electron chi connectivity index (χ0n) is 15.9. The maximum atomic E-state index is 13.0. The molecule has 3 aromatic rings. The molecule has 29 heavy (non-hydrogen) atoms. The molecule has 0 spiro atoms. The Morgan fingerprint density at radius 3 is 2.55 bits per heavy atom. The molecule has 148 valence electrons. The maximum Gasteiger partial charge on any atom is 0.337 e. The highest BCUT2D eigenvalue weighted by Crippen LogP contribution is 2.30. The standard InChI is InChI=1S/C22H21N3O4/c1-13(26)25-12-18(16-4-2-3-5-20(16)25)21(27)24-19-10-15(23-11-14-6-7-14)8-9-17(19)22(28)29/h2-5,8-10,12,14,23H,6-7,11H2,1H3,(H,24,27)(H,28,29). The maximum absolute atomic E-state index is 13.0. The molecule has 7 heteroatoms. The van der Waals surface area contributed by atoms with Crippen molar-refractivity contribution in [2.24, 2.45) is 5.92 Å². The molecular formula is C22H21N3O4. The van der Waals surface area contributed by atoms with Crippen molar-refractivity contribution in [2.75, 3.05) is 17.2 Å². The molecule has 3 N–H and O–H groups in total. The lowest BCUT2D eigenvalue weighted by Gasteiger charge is -2.12. The van der Waals surface area contributed by atoms with Crippen molar-refractivity contribution in [2.45, 2.75) is 19.8 Å². The monoisotopic (exact) mass is 391 g/mol. The van der Waals surface area contributed by atoms with Gasteiger partial charge in [-0.05, 0) is 43.0 Å². The Kier molecular flexibility index (Phi) is 4.80. The Hall–Kier alpha value is -3.61. The highest BCUT2D eigenvalue weighted by molar-refractivity contribution is 6.15. The summed E-state index contributed by atoms with van der Waals surface area (Å²) < 4.78 is 1.41. The minimum absolute atomic E-state index is 0.00521. The van der Waals surface area contributed by atoms with E-state index in [4.69, 9.17) is 0 Å². The second-order valence-electron chi connectivity index (χ2n) is 7.29. The molecule has 2 aromatic carbocycles. The highest BCUT2D eigenvalue weighted by atomic mass is 16.4. The number of hydrogen-bond acceptors (Lipinski definition) is 4. The molecule has 1 aliphatic carbocycles. The molecule has 0 unspecified atom stereocenters. The van der Waals surface area contributed by atoms with Crippen LogP contribution in [0.1, 0.15) is 45.3 Å². The Labute approximate surface area is 167 Å². The number of carbonyl (C=O) groups is 3. The minimum atomic E-state index is -1.12. The van der Waals surface area contributed by atoms with Gasteiger partial charge in [-0.1, -0.05) is 18.2 Å². The molecule has 0 aliphatic heterocycles. The quantitative estimate of drug-likeness (QED) is 0.588. The molecule has 7 nitrogen and oxygen atoms in total. The Morgan fingerprint density at radius 1 is 1.10 bits per heavy atom. The van der Waals surface area contributed by atoms with E-state index in [0.29, 0.717) is 22.4 Å². The molecule has 1 aliphatic rings. The molecule has 0 atom stereocenters. The molecular weight excluding hydrogens is 370 g/mol. The predicted molar refractivity (Wildman–Crippen MR) is 111 cm³/mol. The first kappa shape index (κ1) is 18.7. The summed E-state index contributed by atoms with van der Waals surface area (Å²) in [6.45, 7) is 2.25. The van der Waals surface area contributed by atoms with Crippen LogP contribution in [-0.4, -0.2) is 34.0 Å². The van der Waals surface area contributed by atoms with E-state index in [1.807, 2.05) is 0 Å². The molecule has 0 bridgehead atoms. The van der Waals surface area contributed by atoms with Crippen LogP contribution in [0.2, 0.25) is 0 Å². The zero-order chi connectivity index (χ0) is 20.5. The summed E-state index contributed by atoms with van der Waals surface area (Å²) in [6, 6.07) is 11.9. The number of hydrogen-bond donors (Lipinski definition) is 3. The summed E-state index contributed by atoms with van der Waals surface area (Å²) >= 11 is 0. The third kappa shape index (κ3) is 3.85. The number of benzene rings is 2. The van der Waals surface area contributed by atoms with Gasteiger partial charge < -0.3 is 15.7 Å². The number of carboxylic acid groups (broad SMARTS) is 1.